The maximum atomic E-state index is 12.4. The number of aliphatic carboxylic acids is 1. The van der Waals surface area contributed by atoms with Gasteiger partial charge in [0.15, 0.2) is 0 Å². The molecule has 0 bridgehead atoms. The Morgan fingerprint density at radius 1 is 1.45 bits per heavy atom. The van der Waals surface area contributed by atoms with Gasteiger partial charge in [-0.25, -0.2) is 4.79 Å². The zero-order valence-corrected chi connectivity index (χ0v) is 11.9. The standard InChI is InChI=1S/C13H21N3O4/c1-10-8-16(9-11(10)12(17)18)13(19)15(5-3-4-14)6-7-20-2/h10-11H,3,5-9H2,1-2H3,(H,17,18). The van der Waals surface area contributed by atoms with Crippen molar-refractivity contribution >= 4 is 12.0 Å². The number of amides is 2. The highest BCUT2D eigenvalue weighted by Gasteiger charge is 2.38. The first kappa shape index (κ1) is 16.2. The fraction of sp³-hybridized carbons (Fsp3) is 0.769. The van der Waals surface area contributed by atoms with Gasteiger partial charge in [0.1, 0.15) is 0 Å². The molecule has 0 aromatic rings. The molecule has 0 radical (unpaired) electrons. The molecular weight excluding hydrogens is 262 g/mol. The second-order valence-electron chi connectivity index (χ2n) is 5.00. The van der Waals surface area contributed by atoms with E-state index in [2.05, 4.69) is 0 Å². The zero-order chi connectivity index (χ0) is 15.1. The van der Waals surface area contributed by atoms with Gasteiger partial charge in [-0.1, -0.05) is 6.92 Å². The molecule has 0 aromatic carbocycles. The molecular formula is C13H21N3O4. The van der Waals surface area contributed by atoms with Crippen molar-refractivity contribution in [2.45, 2.75) is 13.3 Å². The van der Waals surface area contributed by atoms with Gasteiger partial charge in [-0.2, -0.15) is 5.26 Å². The Morgan fingerprint density at radius 3 is 2.65 bits per heavy atom. The number of likely N-dealkylation sites (tertiary alicyclic amines) is 1. The van der Waals surface area contributed by atoms with E-state index in [1.165, 1.54) is 0 Å². The first-order chi connectivity index (χ1) is 9.51. The molecule has 1 saturated heterocycles. The summed E-state index contributed by atoms with van der Waals surface area (Å²) in [6.45, 7) is 3.63. The van der Waals surface area contributed by atoms with Crippen LogP contribution in [0.5, 0.6) is 0 Å². The number of carbonyl (C=O) groups is 2. The van der Waals surface area contributed by atoms with Crippen LogP contribution in [0.4, 0.5) is 4.79 Å². The maximum Gasteiger partial charge on any atom is 0.320 e. The summed E-state index contributed by atoms with van der Waals surface area (Å²) in [5, 5.41) is 17.7. The van der Waals surface area contributed by atoms with E-state index >= 15 is 0 Å². The third kappa shape index (κ3) is 4.10. The molecule has 1 rings (SSSR count). The number of carboxylic acids is 1. The Morgan fingerprint density at radius 2 is 2.15 bits per heavy atom. The normalized spacial score (nSPS) is 21.6. The molecule has 7 nitrogen and oxygen atoms in total. The lowest BCUT2D eigenvalue weighted by molar-refractivity contribution is -0.142. The average Bonchev–Trinajstić information content (AvgIpc) is 2.80. The lowest BCUT2D eigenvalue weighted by Gasteiger charge is -2.27. The van der Waals surface area contributed by atoms with Crippen molar-refractivity contribution in [1.29, 1.82) is 5.26 Å². The van der Waals surface area contributed by atoms with Crippen LogP contribution in [0.1, 0.15) is 13.3 Å². The van der Waals surface area contributed by atoms with E-state index in [0.717, 1.165) is 0 Å². The summed E-state index contributed by atoms with van der Waals surface area (Å²) in [6.07, 6.45) is 0.251. The molecule has 1 heterocycles. The molecule has 0 aliphatic carbocycles. The fourth-order valence-corrected chi connectivity index (χ4v) is 2.33. The monoisotopic (exact) mass is 283 g/mol. The van der Waals surface area contributed by atoms with Gasteiger partial charge >= 0.3 is 12.0 Å². The van der Waals surface area contributed by atoms with Gasteiger partial charge in [0.05, 0.1) is 25.0 Å². The smallest absolute Gasteiger partial charge is 0.320 e. The Hall–Kier alpha value is -1.81. The van der Waals surface area contributed by atoms with Gasteiger partial charge < -0.3 is 19.6 Å². The second-order valence-corrected chi connectivity index (χ2v) is 5.00. The number of carbonyl (C=O) groups excluding carboxylic acids is 1. The maximum absolute atomic E-state index is 12.4. The topological polar surface area (TPSA) is 93.9 Å². The number of urea groups is 1. The van der Waals surface area contributed by atoms with Crippen molar-refractivity contribution in [2.24, 2.45) is 11.8 Å². The van der Waals surface area contributed by atoms with E-state index in [1.54, 1.807) is 16.9 Å². The second kappa shape index (κ2) is 7.70. The SMILES string of the molecule is COCCN(CCC#N)C(=O)N1CC(C)C(C(=O)O)C1. The summed E-state index contributed by atoms with van der Waals surface area (Å²) in [5.41, 5.74) is 0. The molecule has 2 unspecified atom stereocenters. The fourth-order valence-electron chi connectivity index (χ4n) is 2.33. The van der Waals surface area contributed by atoms with Gasteiger partial charge in [0.2, 0.25) is 0 Å². The van der Waals surface area contributed by atoms with E-state index < -0.39 is 11.9 Å². The van der Waals surface area contributed by atoms with Gasteiger partial charge in [-0.05, 0) is 5.92 Å². The summed E-state index contributed by atoms with van der Waals surface area (Å²) >= 11 is 0. The summed E-state index contributed by atoms with van der Waals surface area (Å²) < 4.78 is 4.96. The molecule has 1 fully saturated rings. The largest absolute Gasteiger partial charge is 0.481 e. The summed E-state index contributed by atoms with van der Waals surface area (Å²) in [7, 11) is 1.55. The predicted molar refractivity (Wildman–Crippen MR) is 70.9 cm³/mol. The van der Waals surface area contributed by atoms with Crippen LogP contribution in [0.25, 0.3) is 0 Å². The summed E-state index contributed by atoms with van der Waals surface area (Å²) in [4.78, 5) is 26.5. The van der Waals surface area contributed by atoms with Crippen LogP contribution in [0.15, 0.2) is 0 Å². The Kier molecular flexibility index (Phi) is 6.25. The van der Waals surface area contributed by atoms with E-state index in [9.17, 15) is 9.59 Å². The molecule has 20 heavy (non-hydrogen) atoms. The number of rotatable bonds is 6. The number of hydrogen-bond acceptors (Lipinski definition) is 4. The number of methoxy groups -OCH3 is 1. The van der Waals surface area contributed by atoms with Crippen LogP contribution in [-0.2, 0) is 9.53 Å². The van der Waals surface area contributed by atoms with Crippen LogP contribution in [0, 0.1) is 23.2 Å². The average molecular weight is 283 g/mol. The number of nitriles is 1. The lowest BCUT2D eigenvalue weighted by Crippen LogP contribution is -2.44. The van der Waals surface area contributed by atoms with Crippen LogP contribution in [0.3, 0.4) is 0 Å². The summed E-state index contributed by atoms with van der Waals surface area (Å²) in [6, 6.07) is 1.79. The highest BCUT2D eigenvalue weighted by atomic mass is 16.5. The van der Waals surface area contributed by atoms with Crippen LogP contribution < -0.4 is 0 Å². The van der Waals surface area contributed by atoms with E-state index in [1.807, 2.05) is 13.0 Å². The first-order valence-electron chi connectivity index (χ1n) is 6.63. The highest BCUT2D eigenvalue weighted by molar-refractivity contribution is 5.77. The van der Waals surface area contributed by atoms with E-state index in [4.69, 9.17) is 15.1 Å². The number of hydrogen-bond donors (Lipinski definition) is 1. The van der Waals surface area contributed by atoms with Crippen LogP contribution in [0.2, 0.25) is 0 Å². The minimum atomic E-state index is -0.867. The molecule has 2 atom stereocenters. The third-order valence-electron chi connectivity index (χ3n) is 3.53. The molecule has 112 valence electrons. The van der Waals surface area contributed by atoms with E-state index in [0.29, 0.717) is 26.2 Å². The number of carboxylic acid groups (broad SMARTS) is 1. The van der Waals surface area contributed by atoms with Crippen molar-refractivity contribution in [3.05, 3.63) is 0 Å². The Bertz CT molecular complexity index is 394. The van der Waals surface area contributed by atoms with Crippen molar-refractivity contribution in [3.8, 4) is 6.07 Å². The lowest BCUT2D eigenvalue weighted by atomic mass is 9.99. The Labute approximate surface area is 118 Å². The molecule has 2 amide bonds. The molecule has 1 aliphatic heterocycles. The third-order valence-corrected chi connectivity index (χ3v) is 3.53. The molecule has 0 spiro atoms. The van der Waals surface area contributed by atoms with Gasteiger partial charge in [-0.3, -0.25) is 4.79 Å². The summed E-state index contributed by atoms with van der Waals surface area (Å²) in [5.74, 6) is -1.44. The van der Waals surface area contributed by atoms with Crippen molar-refractivity contribution in [1.82, 2.24) is 9.80 Å². The van der Waals surface area contributed by atoms with Gasteiger partial charge in [0.25, 0.3) is 0 Å². The molecule has 0 saturated carbocycles. The van der Waals surface area contributed by atoms with Crippen LogP contribution >= 0.6 is 0 Å². The van der Waals surface area contributed by atoms with Crippen molar-refractivity contribution in [3.63, 3.8) is 0 Å². The minimum absolute atomic E-state index is 0.0586. The van der Waals surface area contributed by atoms with Crippen molar-refractivity contribution in [2.75, 3.05) is 39.9 Å². The van der Waals surface area contributed by atoms with Crippen LogP contribution in [-0.4, -0.2) is 66.8 Å². The zero-order valence-electron chi connectivity index (χ0n) is 11.9. The number of ether oxygens (including phenoxy) is 1. The van der Waals surface area contributed by atoms with E-state index in [-0.39, 0.29) is 24.9 Å². The molecule has 7 heteroatoms. The van der Waals surface area contributed by atoms with Gasteiger partial charge in [-0.15, -0.1) is 0 Å². The molecule has 1 N–H and O–H groups in total. The van der Waals surface area contributed by atoms with Gasteiger partial charge in [0, 0.05) is 33.3 Å². The number of nitrogens with zero attached hydrogens (tertiary/aromatic N) is 3. The highest BCUT2D eigenvalue weighted by Crippen LogP contribution is 2.24. The predicted octanol–water partition coefficient (Wildman–Crippen LogP) is 0.621. The minimum Gasteiger partial charge on any atom is -0.481 e. The molecule has 1 aliphatic rings. The van der Waals surface area contributed by atoms with Crippen molar-refractivity contribution < 1.29 is 19.4 Å². The first-order valence-corrected chi connectivity index (χ1v) is 6.63. The molecule has 0 aromatic heterocycles. The quantitative estimate of drug-likeness (QED) is 0.771. The Balaban J connectivity index is 2.65.